The number of hydrogen-bond donors (Lipinski definition) is 0. The molecule has 3 heterocycles. The summed E-state index contributed by atoms with van der Waals surface area (Å²) < 4.78 is 8.61. The van der Waals surface area contributed by atoms with Crippen LogP contribution in [0.4, 0.5) is 0 Å². The van der Waals surface area contributed by atoms with Crippen molar-refractivity contribution in [2.24, 2.45) is 0 Å². The van der Waals surface area contributed by atoms with Gasteiger partial charge in [0, 0.05) is 43.9 Å². The van der Waals surface area contributed by atoms with E-state index in [0.717, 1.165) is 55.4 Å². The van der Waals surface area contributed by atoms with Crippen molar-refractivity contribution in [3.8, 4) is 62.1 Å². The molecule has 0 saturated carbocycles. The van der Waals surface area contributed by atoms with E-state index in [4.69, 9.17) is 19.4 Å². The molecule has 0 bridgehead atoms. The van der Waals surface area contributed by atoms with Crippen LogP contribution in [0.3, 0.4) is 0 Å². The van der Waals surface area contributed by atoms with Gasteiger partial charge in [-0.15, -0.1) is 0 Å². The van der Waals surface area contributed by atoms with Crippen molar-refractivity contribution in [3.63, 3.8) is 0 Å². The minimum atomic E-state index is 0.601. The highest BCUT2D eigenvalue weighted by atomic mass is 16.3. The van der Waals surface area contributed by atoms with Gasteiger partial charge in [-0.25, -0.2) is 15.0 Å². The van der Waals surface area contributed by atoms with Gasteiger partial charge in [0.2, 0.25) is 0 Å². The Morgan fingerprint density at radius 3 is 1.70 bits per heavy atom. The van der Waals surface area contributed by atoms with Crippen molar-refractivity contribution in [1.82, 2.24) is 19.5 Å². The number of para-hydroxylation sites is 2. The molecule has 0 aliphatic carbocycles. The summed E-state index contributed by atoms with van der Waals surface area (Å²) in [5.74, 6) is 1.83. The second-order valence-electron chi connectivity index (χ2n) is 14.0. The molecule has 0 aliphatic heterocycles. The summed E-state index contributed by atoms with van der Waals surface area (Å²) in [6, 6.07) is 67.5. The minimum Gasteiger partial charge on any atom is -0.456 e. The van der Waals surface area contributed by atoms with Gasteiger partial charge in [-0.2, -0.15) is 0 Å². The van der Waals surface area contributed by atoms with Crippen LogP contribution in [0.1, 0.15) is 0 Å². The average Bonchev–Trinajstić information content (AvgIpc) is 3.83. The van der Waals surface area contributed by atoms with Gasteiger partial charge in [-0.05, 0) is 58.7 Å². The quantitative estimate of drug-likeness (QED) is 0.172. The Morgan fingerprint density at radius 1 is 0.339 bits per heavy atom. The topological polar surface area (TPSA) is 56.7 Å². The van der Waals surface area contributed by atoms with Crippen LogP contribution in [0, 0.1) is 0 Å². The van der Waals surface area contributed by atoms with Crippen LogP contribution in [0.25, 0.3) is 106 Å². The molecule has 0 fully saturated rings. The highest BCUT2D eigenvalue weighted by Crippen LogP contribution is 2.40. The molecular formula is C51H32N4O. The number of nitrogens with zero attached hydrogens (tertiary/aromatic N) is 4. The normalized spacial score (nSPS) is 11.6. The SMILES string of the molecule is c1ccc(-c2nc(-c3ccc(-c4cccc(-n5c6ccccc6c6c(-c7ccccc7)cccc65)c4)cc3)nc(-c3cccc4oc5ccccc5c34)n2)cc1. The molecule has 0 spiro atoms. The molecular weight excluding hydrogens is 685 g/mol. The predicted molar refractivity (Wildman–Crippen MR) is 229 cm³/mol. The number of fused-ring (bicyclic) bond motifs is 6. The molecule has 0 N–H and O–H groups in total. The second kappa shape index (κ2) is 13.0. The Bertz CT molecular complexity index is 3240. The third-order valence-electron chi connectivity index (χ3n) is 10.7. The fourth-order valence-electron chi connectivity index (χ4n) is 8.09. The van der Waals surface area contributed by atoms with Gasteiger partial charge >= 0.3 is 0 Å². The van der Waals surface area contributed by atoms with E-state index in [1.807, 2.05) is 60.7 Å². The summed E-state index contributed by atoms with van der Waals surface area (Å²) in [5.41, 5.74) is 12.5. The van der Waals surface area contributed by atoms with Crippen molar-refractivity contribution in [3.05, 3.63) is 194 Å². The van der Waals surface area contributed by atoms with Gasteiger partial charge in [0.1, 0.15) is 11.2 Å². The molecule has 0 unspecified atom stereocenters. The number of benzene rings is 8. The van der Waals surface area contributed by atoms with Crippen LogP contribution >= 0.6 is 0 Å². The first-order chi connectivity index (χ1) is 27.8. The highest BCUT2D eigenvalue weighted by Gasteiger charge is 2.19. The van der Waals surface area contributed by atoms with Gasteiger partial charge in [-0.3, -0.25) is 0 Å². The van der Waals surface area contributed by atoms with Crippen LogP contribution in [0.5, 0.6) is 0 Å². The maximum absolute atomic E-state index is 6.22. The Kier molecular flexibility index (Phi) is 7.42. The summed E-state index contributed by atoms with van der Waals surface area (Å²) in [4.78, 5) is 15.2. The molecule has 11 aromatic rings. The second-order valence-corrected chi connectivity index (χ2v) is 14.0. The van der Waals surface area contributed by atoms with Crippen molar-refractivity contribution in [1.29, 1.82) is 0 Å². The summed E-state index contributed by atoms with van der Waals surface area (Å²) in [7, 11) is 0. The lowest BCUT2D eigenvalue weighted by Crippen LogP contribution is -2.00. The fraction of sp³-hybridized carbons (Fsp3) is 0. The molecule has 11 rings (SSSR count). The molecule has 0 aliphatic rings. The van der Waals surface area contributed by atoms with E-state index in [0.29, 0.717) is 17.5 Å². The van der Waals surface area contributed by atoms with Crippen molar-refractivity contribution in [2.75, 3.05) is 0 Å². The molecule has 3 aromatic heterocycles. The zero-order valence-electron chi connectivity index (χ0n) is 30.2. The van der Waals surface area contributed by atoms with E-state index >= 15 is 0 Å². The molecule has 56 heavy (non-hydrogen) atoms. The average molecular weight is 717 g/mol. The summed E-state index contributed by atoms with van der Waals surface area (Å²) >= 11 is 0. The molecule has 0 atom stereocenters. The van der Waals surface area contributed by atoms with Crippen molar-refractivity contribution in [2.45, 2.75) is 0 Å². The first-order valence-corrected chi connectivity index (χ1v) is 18.8. The Hall–Kier alpha value is -7.63. The van der Waals surface area contributed by atoms with Gasteiger partial charge in [0.15, 0.2) is 17.5 Å². The zero-order valence-corrected chi connectivity index (χ0v) is 30.2. The number of aromatic nitrogens is 4. The predicted octanol–water partition coefficient (Wildman–Crippen LogP) is 13.2. The molecule has 262 valence electrons. The third kappa shape index (κ3) is 5.29. The largest absolute Gasteiger partial charge is 0.456 e. The van der Waals surface area contributed by atoms with E-state index in [2.05, 4.69) is 138 Å². The lowest BCUT2D eigenvalue weighted by molar-refractivity contribution is 0.669. The summed E-state index contributed by atoms with van der Waals surface area (Å²) in [6.45, 7) is 0. The number of rotatable bonds is 6. The van der Waals surface area contributed by atoms with Crippen molar-refractivity contribution >= 4 is 43.7 Å². The van der Waals surface area contributed by atoms with E-state index in [1.54, 1.807) is 0 Å². The Balaban J connectivity index is 1.01. The molecule has 5 nitrogen and oxygen atoms in total. The maximum Gasteiger partial charge on any atom is 0.164 e. The van der Waals surface area contributed by atoms with Crippen LogP contribution in [-0.2, 0) is 0 Å². The van der Waals surface area contributed by atoms with Gasteiger partial charge < -0.3 is 8.98 Å². The summed E-state index contributed by atoms with van der Waals surface area (Å²) in [6.07, 6.45) is 0. The number of hydrogen-bond acceptors (Lipinski definition) is 4. The first-order valence-electron chi connectivity index (χ1n) is 18.8. The lowest BCUT2D eigenvalue weighted by Gasteiger charge is -2.12. The molecule has 5 heteroatoms. The van der Waals surface area contributed by atoms with Crippen LogP contribution in [-0.4, -0.2) is 19.5 Å². The van der Waals surface area contributed by atoms with E-state index in [9.17, 15) is 0 Å². The van der Waals surface area contributed by atoms with E-state index in [-0.39, 0.29) is 0 Å². The Labute approximate surface area is 322 Å². The molecule has 0 radical (unpaired) electrons. The maximum atomic E-state index is 6.22. The minimum absolute atomic E-state index is 0.601. The van der Waals surface area contributed by atoms with Crippen LogP contribution < -0.4 is 0 Å². The van der Waals surface area contributed by atoms with Crippen molar-refractivity contribution < 1.29 is 4.42 Å². The molecule has 8 aromatic carbocycles. The third-order valence-corrected chi connectivity index (χ3v) is 10.7. The fourth-order valence-corrected chi connectivity index (χ4v) is 8.09. The van der Waals surface area contributed by atoms with E-state index < -0.39 is 0 Å². The van der Waals surface area contributed by atoms with Gasteiger partial charge in [0.25, 0.3) is 0 Å². The highest BCUT2D eigenvalue weighted by molar-refractivity contribution is 6.16. The first kappa shape index (κ1) is 31.9. The lowest BCUT2D eigenvalue weighted by atomic mass is 9.99. The van der Waals surface area contributed by atoms with Crippen LogP contribution in [0.15, 0.2) is 199 Å². The zero-order chi connectivity index (χ0) is 37.0. The van der Waals surface area contributed by atoms with Gasteiger partial charge in [0.05, 0.1) is 11.0 Å². The monoisotopic (exact) mass is 716 g/mol. The Morgan fingerprint density at radius 2 is 0.893 bits per heavy atom. The molecule has 0 saturated heterocycles. The van der Waals surface area contributed by atoms with Gasteiger partial charge in [-0.1, -0.05) is 158 Å². The van der Waals surface area contributed by atoms with Crippen LogP contribution in [0.2, 0.25) is 0 Å². The standard InChI is InChI=1S/C51H32N4O/c1-3-14-34(15-4-1)39-22-12-25-44-47(39)40-20-7-9-24-43(40)55(44)38-19-11-18-37(32-38)33-28-30-36(31-29-33)50-52-49(35-16-5-2-6-17-35)53-51(54-50)42-23-13-27-46-48(42)41-21-8-10-26-45(41)56-46/h1-32H. The smallest absolute Gasteiger partial charge is 0.164 e. The van der Waals surface area contributed by atoms with E-state index in [1.165, 1.54) is 32.9 Å². The molecule has 0 amide bonds. The number of furan rings is 1. The summed E-state index contributed by atoms with van der Waals surface area (Å²) in [5, 5.41) is 4.52.